The van der Waals surface area contributed by atoms with Gasteiger partial charge in [-0.3, -0.25) is 4.79 Å². The fourth-order valence-electron chi connectivity index (χ4n) is 2.60. The number of hydrogen-bond acceptors (Lipinski definition) is 6. The van der Waals surface area contributed by atoms with Crippen molar-refractivity contribution >= 4 is 32.6 Å². The Kier molecular flexibility index (Phi) is 5.37. The summed E-state index contributed by atoms with van der Waals surface area (Å²) in [5.74, 6) is 0.958. The standard InChI is InChI=1S/C19H17BrN2O4/c1-24-17-9-12(10-18(22-17)25-2)16(23)8-13-6-11-7-14(20)4-5-15(11)21-19(13)26-3/h4-7,9-10H,8H2,1-3H3. The number of aromatic nitrogens is 2. The van der Waals surface area contributed by atoms with Crippen molar-refractivity contribution in [3.05, 3.63) is 52.0 Å². The molecule has 0 fully saturated rings. The molecule has 134 valence electrons. The van der Waals surface area contributed by atoms with Crippen LogP contribution in [0.4, 0.5) is 0 Å². The maximum absolute atomic E-state index is 12.8. The number of hydrogen-bond donors (Lipinski definition) is 0. The molecule has 3 rings (SSSR count). The number of ether oxygens (including phenoxy) is 3. The van der Waals surface area contributed by atoms with Crippen molar-refractivity contribution in [3.63, 3.8) is 0 Å². The van der Waals surface area contributed by atoms with Gasteiger partial charge in [-0.15, -0.1) is 0 Å². The minimum Gasteiger partial charge on any atom is -0.481 e. The lowest BCUT2D eigenvalue weighted by atomic mass is 10.0. The average molecular weight is 417 g/mol. The van der Waals surface area contributed by atoms with Crippen LogP contribution in [0.25, 0.3) is 10.9 Å². The quantitative estimate of drug-likeness (QED) is 0.568. The largest absolute Gasteiger partial charge is 0.481 e. The van der Waals surface area contributed by atoms with E-state index in [1.165, 1.54) is 14.2 Å². The Morgan fingerprint density at radius 3 is 2.27 bits per heavy atom. The zero-order valence-corrected chi connectivity index (χ0v) is 16.2. The Labute approximate surface area is 159 Å². The highest BCUT2D eigenvalue weighted by Crippen LogP contribution is 2.27. The van der Waals surface area contributed by atoms with Gasteiger partial charge in [-0.25, -0.2) is 4.98 Å². The van der Waals surface area contributed by atoms with E-state index in [-0.39, 0.29) is 12.2 Å². The summed E-state index contributed by atoms with van der Waals surface area (Å²) in [7, 11) is 4.52. The molecule has 0 radical (unpaired) electrons. The zero-order valence-electron chi connectivity index (χ0n) is 14.6. The summed E-state index contributed by atoms with van der Waals surface area (Å²) in [6.07, 6.45) is 0.134. The molecule has 0 saturated carbocycles. The first-order valence-electron chi connectivity index (χ1n) is 7.80. The summed E-state index contributed by atoms with van der Waals surface area (Å²) in [5.41, 5.74) is 1.96. The minimum absolute atomic E-state index is 0.113. The number of Topliss-reactive ketones (excluding diaryl/α,β-unsaturated/α-hetero) is 1. The van der Waals surface area contributed by atoms with E-state index in [0.717, 1.165) is 15.4 Å². The molecule has 6 nitrogen and oxygen atoms in total. The molecule has 0 bridgehead atoms. The van der Waals surface area contributed by atoms with E-state index >= 15 is 0 Å². The summed E-state index contributed by atoms with van der Waals surface area (Å²) >= 11 is 3.45. The van der Waals surface area contributed by atoms with E-state index in [1.54, 1.807) is 19.2 Å². The maximum Gasteiger partial charge on any atom is 0.217 e. The second-order valence-electron chi connectivity index (χ2n) is 5.53. The summed E-state index contributed by atoms with van der Waals surface area (Å²) < 4.78 is 16.6. The summed E-state index contributed by atoms with van der Waals surface area (Å²) in [6, 6.07) is 10.8. The molecule has 3 aromatic rings. The molecule has 0 aliphatic heterocycles. The number of carbonyl (C=O) groups is 1. The smallest absolute Gasteiger partial charge is 0.217 e. The predicted molar refractivity (Wildman–Crippen MR) is 101 cm³/mol. The van der Waals surface area contributed by atoms with Gasteiger partial charge in [0.05, 0.1) is 26.8 Å². The summed E-state index contributed by atoms with van der Waals surface area (Å²) in [6.45, 7) is 0. The van der Waals surface area contributed by atoms with Crippen LogP contribution in [0.2, 0.25) is 0 Å². The highest BCUT2D eigenvalue weighted by atomic mass is 79.9. The molecule has 0 unspecified atom stereocenters. The third kappa shape index (κ3) is 3.77. The Balaban J connectivity index is 1.98. The van der Waals surface area contributed by atoms with Crippen LogP contribution < -0.4 is 14.2 Å². The number of ketones is 1. The van der Waals surface area contributed by atoms with Crippen LogP contribution in [0.1, 0.15) is 15.9 Å². The molecule has 0 amide bonds. The normalized spacial score (nSPS) is 10.6. The molecular weight excluding hydrogens is 400 g/mol. The summed E-state index contributed by atoms with van der Waals surface area (Å²) in [5, 5.41) is 0.924. The minimum atomic E-state index is -0.113. The van der Waals surface area contributed by atoms with Crippen molar-refractivity contribution in [2.75, 3.05) is 21.3 Å². The van der Waals surface area contributed by atoms with E-state index in [4.69, 9.17) is 14.2 Å². The van der Waals surface area contributed by atoms with Gasteiger partial charge < -0.3 is 14.2 Å². The van der Waals surface area contributed by atoms with Gasteiger partial charge in [0.2, 0.25) is 17.6 Å². The van der Waals surface area contributed by atoms with E-state index < -0.39 is 0 Å². The molecule has 1 aromatic carbocycles. The molecule has 7 heteroatoms. The molecule has 0 atom stereocenters. The number of halogens is 1. The zero-order chi connectivity index (χ0) is 18.7. The second-order valence-corrected chi connectivity index (χ2v) is 6.45. The predicted octanol–water partition coefficient (Wildman–Crippen LogP) is 3.84. The van der Waals surface area contributed by atoms with Crippen molar-refractivity contribution < 1.29 is 19.0 Å². The van der Waals surface area contributed by atoms with Gasteiger partial charge in [0.25, 0.3) is 0 Å². The van der Waals surface area contributed by atoms with E-state index in [2.05, 4.69) is 25.9 Å². The summed E-state index contributed by atoms with van der Waals surface area (Å²) in [4.78, 5) is 21.4. The van der Waals surface area contributed by atoms with Gasteiger partial charge in [0, 0.05) is 39.5 Å². The topological polar surface area (TPSA) is 70.5 Å². The first kappa shape index (κ1) is 18.1. The Morgan fingerprint density at radius 1 is 0.962 bits per heavy atom. The van der Waals surface area contributed by atoms with E-state index in [1.807, 2.05) is 24.3 Å². The van der Waals surface area contributed by atoms with Crippen LogP contribution in [0, 0.1) is 0 Å². The maximum atomic E-state index is 12.8. The molecular formula is C19H17BrN2O4. The van der Waals surface area contributed by atoms with Gasteiger partial charge in [-0.1, -0.05) is 15.9 Å². The van der Waals surface area contributed by atoms with Gasteiger partial charge in [-0.2, -0.15) is 4.98 Å². The van der Waals surface area contributed by atoms with Crippen LogP contribution in [0.15, 0.2) is 40.9 Å². The van der Waals surface area contributed by atoms with Crippen LogP contribution in [0.5, 0.6) is 17.6 Å². The lowest BCUT2D eigenvalue weighted by Gasteiger charge is -2.10. The molecule has 0 N–H and O–H groups in total. The van der Waals surface area contributed by atoms with Gasteiger partial charge >= 0.3 is 0 Å². The molecule has 0 saturated heterocycles. The Bertz CT molecular complexity index is 953. The van der Waals surface area contributed by atoms with Crippen LogP contribution >= 0.6 is 15.9 Å². The highest BCUT2D eigenvalue weighted by Gasteiger charge is 2.16. The molecule has 0 aliphatic carbocycles. The van der Waals surface area contributed by atoms with E-state index in [0.29, 0.717) is 28.8 Å². The van der Waals surface area contributed by atoms with Crippen LogP contribution in [-0.4, -0.2) is 37.1 Å². The SMILES string of the molecule is COc1cc(C(=O)Cc2cc3cc(Br)ccc3nc2OC)cc(OC)n1. The van der Waals surface area contributed by atoms with Gasteiger partial charge in [0.15, 0.2) is 5.78 Å². The fourth-order valence-corrected chi connectivity index (χ4v) is 2.98. The number of rotatable bonds is 6. The van der Waals surface area contributed by atoms with Crippen LogP contribution in [0.3, 0.4) is 0 Å². The number of methoxy groups -OCH3 is 3. The van der Waals surface area contributed by atoms with Crippen molar-refractivity contribution in [3.8, 4) is 17.6 Å². The third-order valence-corrected chi connectivity index (χ3v) is 4.37. The van der Waals surface area contributed by atoms with Gasteiger partial charge in [0.1, 0.15) is 0 Å². The molecule has 2 aromatic heterocycles. The number of benzene rings is 1. The Morgan fingerprint density at radius 2 is 1.65 bits per heavy atom. The van der Waals surface area contributed by atoms with Crippen molar-refractivity contribution in [2.24, 2.45) is 0 Å². The first-order valence-corrected chi connectivity index (χ1v) is 8.59. The van der Waals surface area contributed by atoms with Crippen LogP contribution in [-0.2, 0) is 6.42 Å². The van der Waals surface area contributed by atoms with Gasteiger partial charge in [-0.05, 0) is 24.3 Å². The monoisotopic (exact) mass is 416 g/mol. The molecule has 26 heavy (non-hydrogen) atoms. The first-order chi connectivity index (χ1) is 12.5. The lowest BCUT2D eigenvalue weighted by molar-refractivity contribution is 0.0991. The average Bonchev–Trinajstić information content (AvgIpc) is 2.66. The number of carbonyl (C=O) groups excluding carboxylic acids is 1. The van der Waals surface area contributed by atoms with Crippen molar-refractivity contribution in [1.82, 2.24) is 9.97 Å². The fraction of sp³-hybridized carbons (Fsp3) is 0.211. The number of nitrogens with zero attached hydrogens (tertiary/aromatic N) is 2. The Hall–Kier alpha value is -2.67. The highest BCUT2D eigenvalue weighted by molar-refractivity contribution is 9.10. The number of pyridine rings is 2. The second kappa shape index (κ2) is 7.70. The number of fused-ring (bicyclic) bond motifs is 1. The lowest BCUT2D eigenvalue weighted by Crippen LogP contribution is -2.07. The van der Waals surface area contributed by atoms with Crippen molar-refractivity contribution in [2.45, 2.75) is 6.42 Å². The third-order valence-electron chi connectivity index (χ3n) is 3.88. The molecule has 0 aliphatic rings. The molecule has 0 spiro atoms. The van der Waals surface area contributed by atoms with E-state index in [9.17, 15) is 4.79 Å². The molecule has 2 heterocycles. The van der Waals surface area contributed by atoms with Crippen molar-refractivity contribution in [1.29, 1.82) is 0 Å².